The van der Waals surface area contributed by atoms with Crippen molar-refractivity contribution in [2.24, 2.45) is 0 Å². The molecule has 0 atom stereocenters. The number of amides is 2. The molecule has 1 aliphatic heterocycles. The third kappa shape index (κ3) is 7.46. The molecule has 7 nitrogen and oxygen atoms in total. The average molecular weight is 377 g/mol. The first-order valence-electron chi connectivity index (χ1n) is 9.67. The number of benzene rings is 1. The Labute approximate surface area is 161 Å². The molecule has 2 rings (SSSR count). The summed E-state index contributed by atoms with van der Waals surface area (Å²) in [6.45, 7) is 4.90. The summed E-state index contributed by atoms with van der Waals surface area (Å²) in [6.07, 6.45) is 2.80. The van der Waals surface area contributed by atoms with E-state index in [2.05, 4.69) is 10.6 Å². The lowest BCUT2D eigenvalue weighted by molar-refractivity contribution is -0.121. The van der Waals surface area contributed by atoms with Gasteiger partial charge in [0, 0.05) is 38.6 Å². The lowest BCUT2D eigenvalue weighted by atomic mass is 10.1. The molecule has 7 heteroatoms. The highest BCUT2D eigenvalue weighted by Crippen LogP contribution is 2.12. The fourth-order valence-corrected chi connectivity index (χ4v) is 3.10. The number of hydrogen-bond acceptors (Lipinski definition) is 5. The summed E-state index contributed by atoms with van der Waals surface area (Å²) >= 11 is 0. The maximum absolute atomic E-state index is 11.9. The van der Waals surface area contributed by atoms with Gasteiger partial charge in [0.15, 0.2) is 0 Å². The number of methoxy groups -OCH3 is 1. The molecule has 0 spiro atoms. The lowest BCUT2D eigenvalue weighted by Gasteiger charge is -2.31. The Morgan fingerprint density at radius 1 is 1.15 bits per heavy atom. The summed E-state index contributed by atoms with van der Waals surface area (Å²) in [4.78, 5) is 25.4. The van der Waals surface area contributed by atoms with Crippen LogP contribution in [0.4, 0.5) is 4.79 Å². The Balaban J connectivity index is 1.54. The van der Waals surface area contributed by atoms with Crippen molar-refractivity contribution in [2.45, 2.75) is 38.6 Å². The van der Waals surface area contributed by atoms with E-state index in [9.17, 15) is 9.59 Å². The van der Waals surface area contributed by atoms with E-state index in [0.717, 1.165) is 25.0 Å². The highest BCUT2D eigenvalue weighted by atomic mass is 16.6. The van der Waals surface area contributed by atoms with Crippen LogP contribution in [0.15, 0.2) is 24.3 Å². The zero-order valence-corrected chi connectivity index (χ0v) is 16.3. The third-order valence-corrected chi connectivity index (χ3v) is 4.70. The van der Waals surface area contributed by atoms with Gasteiger partial charge in [-0.15, -0.1) is 0 Å². The summed E-state index contributed by atoms with van der Waals surface area (Å²) in [7, 11) is 1.65. The van der Waals surface area contributed by atoms with Crippen LogP contribution in [0.2, 0.25) is 0 Å². The normalized spacial score (nSPS) is 14.7. The second kappa shape index (κ2) is 11.4. The summed E-state index contributed by atoms with van der Waals surface area (Å²) in [5, 5.41) is 6.37. The molecule has 0 aromatic heterocycles. The molecule has 0 unspecified atom stereocenters. The van der Waals surface area contributed by atoms with Crippen molar-refractivity contribution in [3.05, 3.63) is 29.8 Å². The molecule has 1 saturated heterocycles. The van der Waals surface area contributed by atoms with E-state index in [1.807, 2.05) is 31.2 Å². The second-order valence-electron chi connectivity index (χ2n) is 6.61. The second-order valence-corrected chi connectivity index (χ2v) is 6.61. The smallest absolute Gasteiger partial charge is 0.409 e. The van der Waals surface area contributed by atoms with Gasteiger partial charge in [-0.3, -0.25) is 4.79 Å². The van der Waals surface area contributed by atoms with Gasteiger partial charge in [-0.05, 0) is 43.9 Å². The fourth-order valence-electron chi connectivity index (χ4n) is 3.10. The molecule has 0 bridgehead atoms. The van der Waals surface area contributed by atoms with Crippen molar-refractivity contribution in [3.8, 4) is 5.75 Å². The number of likely N-dealkylation sites (tertiary alicyclic amines) is 1. The predicted molar refractivity (Wildman–Crippen MR) is 104 cm³/mol. The highest BCUT2D eigenvalue weighted by Gasteiger charge is 2.23. The summed E-state index contributed by atoms with van der Waals surface area (Å²) in [6, 6.07) is 8.22. The summed E-state index contributed by atoms with van der Waals surface area (Å²) in [5.74, 6) is 0.891. The SMILES string of the molecule is CCOC(=O)N1CCC(NCCC(=O)NCCc2ccc(OC)cc2)CC1. The zero-order valence-electron chi connectivity index (χ0n) is 16.3. The Morgan fingerprint density at radius 3 is 2.48 bits per heavy atom. The lowest BCUT2D eigenvalue weighted by Crippen LogP contribution is -2.45. The van der Waals surface area contributed by atoms with E-state index in [1.165, 1.54) is 5.56 Å². The maximum atomic E-state index is 11.9. The maximum Gasteiger partial charge on any atom is 0.409 e. The van der Waals surface area contributed by atoms with Crippen LogP contribution in [0.5, 0.6) is 5.75 Å². The van der Waals surface area contributed by atoms with Crippen LogP contribution in [0, 0.1) is 0 Å². The fraction of sp³-hybridized carbons (Fsp3) is 0.600. The van der Waals surface area contributed by atoms with Gasteiger partial charge in [-0.25, -0.2) is 4.79 Å². The van der Waals surface area contributed by atoms with Crippen molar-refractivity contribution < 1.29 is 19.1 Å². The molecular formula is C20H31N3O4. The minimum absolute atomic E-state index is 0.0555. The van der Waals surface area contributed by atoms with Crippen LogP contribution in [0.1, 0.15) is 31.7 Å². The molecule has 1 fully saturated rings. The van der Waals surface area contributed by atoms with E-state index in [-0.39, 0.29) is 12.0 Å². The van der Waals surface area contributed by atoms with Gasteiger partial charge < -0.3 is 25.0 Å². The Morgan fingerprint density at radius 2 is 1.85 bits per heavy atom. The van der Waals surface area contributed by atoms with Gasteiger partial charge in [0.05, 0.1) is 13.7 Å². The van der Waals surface area contributed by atoms with Gasteiger partial charge >= 0.3 is 6.09 Å². The van der Waals surface area contributed by atoms with Gasteiger partial charge in [-0.2, -0.15) is 0 Å². The highest BCUT2D eigenvalue weighted by molar-refractivity contribution is 5.76. The number of piperidine rings is 1. The molecule has 0 radical (unpaired) electrons. The van der Waals surface area contributed by atoms with Gasteiger partial charge in [0.2, 0.25) is 5.91 Å². The zero-order chi connectivity index (χ0) is 19.5. The van der Waals surface area contributed by atoms with Crippen LogP contribution in [-0.2, 0) is 16.0 Å². The number of carbonyl (C=O) groups excluding carboxylic acids is 2. The number of hydrogen-bond donors (Lipinski definition) is 2. The quantitative estimate of drug-likeness (QED) is 0.688. The van der Waals surface area contributed by atoms with Crippen molar-refractivity contribution in [1.29, 1.82) is 0 Å². The molecule has 27 heavy (non-hydrogen) atoms. The first-order chi connectivity index (χ1) is 13.1. The van der Waals surface area contributed by atoms with Crippen molar-refractivity contribution in [1.82, 2.24) is 15.5 Å². The topological polar surface area (TPSA) is 79.9 Å². The van der Waals surface area contributed by atoms with E-state index in [0.29, 0.717) is 45.2 Å². The minimum atomic E-state index is -0.229. The standard InChI is InChI=1S/C20H31N3O4/c1-3-27-20(25)23-14-10-17(11-15-23)21-13-9-19(24)22-12-8-16-4-6-18(26-2)7-5-16/h4-7,17,21H,3,8-15H2,1-2H3,(H,22,24). The minimum Gasteiger partial charge on any atom is -0.497 e. The van der Waals surface area contributed by atoms with E-state index >= 15 is 0 Å². The van der Waals surface area contributed by atoms with Gasteiger partial charge in [0.1, 0.15) is 5.75 Å². The van der Waals surface area contributed by atoms with Crippen LogP contribution in [-0.4, -0.2) is 62.8 Å². The van der Waals surface area contributed by atoms with Crippen molar-refractivity contribution in [2.75, 3.05) is 39.9 Å². The van der Waals surface area contributed by atoms with Gasteiger partial charge in [-0.1, -0.05) is 12.1 Å². The largest absolute Gasteiger partial charge is 0.497 e. The Kier molecular flexibility index (Phi) is 8.91. The summed E-state index contributed by atoms with van der Waals surface area (Å²) < 4.78 is 10.1. The molecule has 1 aromatic carbocycles. The monoisotopic (exact) mass is 377 g/mol. The first kappa shape index (κ1) is 21.0. The average Bonchev–Trinajstić information content (AvgIpc) is 2.69. The van der Waals surface area contributed by atoms with Crippen LogP contribution in [0.25, 0.3) is 0 Å². The van der Waals surface area contributed by atoms with E-state index in [1.54, 1.807) is 12.0 Å². The molecule has 1 aliphatic rings. The number of ether oxygens (including phenoxy) is 2. The number of nitrogens with zero attached hydrogens (tertiary/aromatic N) is 1. The van der Waals surface area contributed by atoms with Gasteiger partial charge in [0.25, 0.3) is 0 Å². The van der Waals surface area contributed by atoms with Crippen molar-refractivity contribution in [3.63, 3.8) is 0 Å². The summed E-state index contributed by atoms with van der Waals surface area (Å²) in [5.41, 5.74) is 1.17. The molecule has 2 N–H and O–H groups in total. The number of rotatable bonds is 9. The van der Waals surface area contributed by atoms with Crippen molar-refractivity contribution >= 4 is 12.0 Å². The van der Waals surface area contributed by atoms with Crippen LogP contribution >= 0.6 is 0 Å². The third-order valence-electron chi connectivity index (χ3n) is 4.70. The molecule has 2 amide bonds. The Hall–Kier alpha value is -2.28. The number of carbonyl (C=O) groups is 2. The predicted octanol–water partition coefficient (Wildman–Crippen LogP) is 1.95. The molecule has 1 aromatic rings. The molecule has 1 heterocycles. The molecule has 0 saturated carbocycles. The van der Waals surface area contributed by atoms with Crippen LogP contribution < -0.4 is 15.4 Å². The van der Waals surface area contributed by atoms with Crippen LogP contribution in [0.3, 0.4) is 0 Å². The number of nitrogens with one attached hydrogen (secondary N) is 2. The molecule has 0 aliphatic carbocycles. The first-order valence-corrected chi connectivity index (χ1v) is 9.67. The molecular weight excluding hydrogens is 346 g/mol. The van der Waals surface area contributed by atoms with E-state index in [4.69, 9.17) is 9.47 Å². The molecule has 150 valence electrons. The Bertz CT molecular complexity index is 583. The van der Waals surface area contributed by atoms with E-state index < -0.39 is 0 Å².